The summed E-state index contributed by atoms with van der Waals surface area (Å²) < 4.78 is 11.2. The highest BCUT2D eigenvalue weighted by Crippen LogP contribution is 2.56. The third-order valence-electron chi connectivity index (χ3n) is 7.12. The minimum absolute atomic E-state index is 0.205. The lowest BCUT2D eigenvalue weighted by molar-refractivity contribution is -0.150. The molecule has 5 rings (SSSR count). The molecule has 0 bridgehead atoms. The van der Waals surface area contributed by atoms with Crippen molar-refractivity contribution in [1.29, 1.82) is 5.26 Å². The molecule has 0 saturated carbocycles. The van der Waals surface area contributed by atoms with Crippen LogP contribution in [0.1, 0.15) is 27.4 Å². The second-order valence-corrected chi connectivity index (χ2v) is 9.64. The van der Waals surface area contributed by atoms with Crippen molar-refractivity contribution in [3.8, 4) is 11.8 Å². The summed E-state index contributed by atoms with van der Waals surface area (Å²) in [6.07, 6.45) is 3.75. The first-order chi connectivity index (χ1) is 17.5. The van der Waals surface area contributed by atoms with E-state index in [9.17, 15) is 14.9 Å². The third-order valence-corrected chi connectivity index (χ3v) is 7.74. The molecule has 0 amide bonds. The van der Waals surface area contributed by atoms with Gasteiger partial charge < -0.3 is 14.4 Å². The Morgan fingerprint density at radius 1 is 1.03 bits per heavy atom. The van der Waals surface area contributed by atoms with Gasteiger partial charge in [-0.2, -0.15) is 5.26 Å². The molecule has 0 N–H and O–H groups in total. The summed E-state index contributed by atoms with van der Waals surface area (Å²) in [7, 11) is 2.84. The van der Waals surface area contributed by atoms with Crippen LogP contribution in [-0.4, -0.2) is 38.1 Å². The van der Waals surface area contributed by atoms with Crippen LogP contribution >= 0.6 is 15.9 Å². The van der Waals surface area contributed by atoms with Gasteiger partial charge in [-0.15, -0.1) is 0 Å². The number of ketones is 1. The van der Waals surface area contributed by atoms with Crippen molar-refractivity contribution in [2.45, 2.75) is 18.0 Å². The van der Waals surface area contributed by atoms with Gasteiger partial charge in [-0.3, -0.25) is 9.59 Å². The highest BCUT2D eigenvalue weighted by atomic mass is 79.9. The normalized spacial score (nSPS) is 23.8. The number of anilines is 1. The summed E-state index contributed by atoms with van der Waals surface area (Å²) in [6.45, 7) is 0. The molecule has 36 heavy (non-hydrogen) atoms. The van der Waals surface area contributed by atoms with Crippen LogP contribution in [0.2, 0.25) is 0 Å². The van der Waals surface area contributed by atoms with Crippen LogP contribution in [0, 0.1) is 16.7 Å². The molecule has 2 heterocycles. The number of carbonyl (C=O) groups is 2. The first-order valence-electron chi connectivity index (χ1n) is 11.5. The third kappa shape index (κ3) is 3.44. The molecule has 3 aromatic rings. The van der Waals surface area contributed by atoms with Crippen LogP contribution in [-0.2, 0) is 9.53 Å². The molecular formula is C29H23BrN2O4. The highest BCUT2D eigenvalue weighted by Gasteiger charge is 2.67. The number of fused-ring (bicyclic) bond motifs is 3. The van der Waals surface area contributed by atoms with Crippen LogP contribution in [0.3, 0.4) is 0 Å². The topological polar surface area (TPSA) is 79.6 Å². The molecule has 2 aliphatic heterocycles. The average Bonchev–Trinajstić information content (AvgIpc) is 3.24. The predicted octanol–water partition coefficient (Wildman–Crippen LogP) is 5.39. The molecule has 180 valence electrons. The van der Waals surface area contributed by atoms with Crippen LogP contribution in [0.5, 0.6) is 5.75 Å². The fourth-order valence-corrected chi connectivity index (χ4v) is 6.10. The largest absolute Gasteiger partial charge is 0.496 e. The average molecular weight is 543 g/mol. The Morgan fingerprint density at radius 2 is 1.75 bits per heavy atom. The zero-order chi connectivity index (χ0) is 25.4. The maximum absolute atomic E-state index is 14.4. The lowest BCUT2D eigenvalue weighted by Gasteiger charge is -2.36. The van der Waals surface area contributed by atoms with Gasteiger partial charge >= 0.3 is 5.97 Å². The molecule has 0 unspecified atom stereocenters. The zero-order valence-electron chi connectivity index (χ0n) is 19.7. The van der Waals surface area contributed by atoms with E-state index in [-0.39, 0.29) is 5.78 Å². The van der Waals surface area contributed by atoms with Crippen molar-refractivity contribution in [3.63, 3.8) is 0 Å². The summed E-state index contributed by atoms with van der Waals surface area (Å²) in [5.74, 6) is -1.06. The van der Waals surface area contributed by atoms with Gasteiger partial charge in [0.25, 0.3) is 0 Å². The van der Waals surface area contributed by atoms with Gasteiger partial charge in [0.1, 0.15) is 11.8 Å². The summed E-state index contributed by atoms with van der Waals surface area (Å²) in [5, 5.41) is 10.7. The smallest absolute Gasteiger partial charge is 0.329 e. The number of nitrogens with zero attached hydrogens (tertiary/aromatic N) is 2. The van der Waals surface area contributed by atoms with Crippen molar-refractivity contribution < 1.29 is 19.1 Å². The molecule has 3 aromatic carbocycles. The monoisotopic (exact) mass is 542 g/mol. The van der Waals surface area contributed by atoms with E-state index in [1.807, 2.05) is 71.6 Å². The van der Waals surface area contributed by atoms with Crippen LogP contribution in [0.25, 0.3) is 6.08 Å². The van der Waals surface area contributed by atoms with Crippen LogP contribution in [0.15, 0.2) is 83.3 Å². The Hall–Kier alpha value is -3.89. The number of hydrogen-bond acceptors (Lipinski definition) is 6. The van der Waals surface area contributed by atoms with E-state index in [0.717, 1.165) is 16.8 Å². The quantitative estimate of drug-likeness (QED) is 0.317. The van der Waals surface area contributed by atoms with Gasteiger partial charge in [-0.1, -0.05) is 60.7 Å². The molecule has 7 heteroatoms. The van der Waals surface area contributed by atoms with Crippen molar-refractivity contribution in [2.24, 2.45) is 5.41 Å². The first kappa shape index (κ1) is 23.8. The van der Waals surface area contributed by atoms with Crippen molar-refractivity contribution in [3.05, 3.63) is 100 Å². The second kappa shape index (κ2) is 9.29. The van der Waals surface area contributed by atoms with Crippen molar-refractivity contribution >= 4 is 39.4 Å². The maximum Gasteiger partial charge on any atom is 0.329 e. The highest BCUT2D eigenvalue weighted by molar-refractivity contribution is 9.10. The number of esters is 1. The van der Waals surface area contributed by atoms with Gasteiger partial charge in [-0.05, 0) is 51.3 Å². The number of hydrogen-bond donors (Lipinski definition) is 0. The molecule has 4 atom stereocenters. The van der Waals surface area contributed by atoms with Gasteiger partial charge in [0.2, 0.25) is 0 Å². The SMILES string of the molecule is COC(=O)[C@]1(C#N)[C@H](c2ccccc2)[C@H](C(=O)c2ccc(OC)c(Br)c2)N2c3ccccc3C=C[C@@H]21. The van der Waals surface area contributed by atoms with E-state index >= 15 is 0 Å². The Balaban J connectivity index is 1.79. The van der Waals surface area contributed by atoms with Crippen LogP contribution < -0.4 is 9.64 Å². The summed E-state index contributed by atoms with van der Waals surface area (Å²) >= 11 is 3.48. The van der Waals surface area contributed by atoms with E-state index in [4.69, 9.17) is 9.47 Å². The van der Waals surface area contributed by atoms with Crippen LogP contribution in [0.4, 0.5) is 5.69 Å². The number of carbonyl (C=O) groups excluding carboxylic acids is 2. The van der Waals surface area contributed by atoms with Crippen molar-refractivity contribution in [2.75, 3.05) is 19.1 Å². The van der Waals surface area contributed by atoms with Gasteiger partial charge in [0.15, 0.2) is 11.2 Å². The minimum atomic E-state index is -1.65. The standard InChI is InChI=1S/C29H23BrN2O4/c1-35-23-14-12-20(16-21(23)30)27(33)26-25(19-9-4-3-5-10-19)29(17-31,28(34)36-2)24-15-13-18-8-6-7-11-22(18)32(24)26/h3-16,24-26H,1-2H3/t24-,25-,26-,29+/m1/s1. The number of rotatable bonds is 5. The fraction of sp³-hybridized carbons (Fsp3) is 0.207. The van der Waals surface area contributed by atoms with E-state index in [0.29, 0.717) is 15.8 Å². The number of methoxy groups -OCH3 is 2. The van der Waals surface area contributed by atoms with E-state index in [2.05, 4.69) is 22.0 Å². The number of ether oxygens (including phenoxy) is 2. The summed E-state index contributed by atoms with van der Waals surface area (Å²) in [6, 6.07) is 22.9. The Labute approximate surface area is 217 Å². The number of benzene rings is 3. The molecule has 1 fully saturated rings. The van der Waals surface area contributed by atoms with E-state index in [1.165, 1.54) is 7.11 Å². The molecule has 0 radical (unpaired) electrons. The number of nitriles is 1. The number of para-hydroxylation sites is 1. The lowest BCUT2D eigenvalue weighted by Crippen LogP contribution is -2.46. The lowest BCUT2D eigenvalue weighted by atomic mass is 9.68. The Kier molecular flexibility index (Phi) is 6.15. The maximum atomic E-state index is 14.4. The number of Topliss-reactive ketones (excluding diaryl/α,β-unsaturated/α-hetero) is 1. The van der Waals surface area contributed by atoms with Gasteiger partial charge in [0, 0.05) is 17.2 Å². The minimum Gasteiger partial charge on any atom is -0.496 e. The zero-order valence-corrected chi connectivity index (χ0v) is 21.3. The fourth-order valence-electron chi connectivity index (χ4n) is 5.56. The molecule has 2 aliphatic rings. The number of halogens is 1. The summed E-state index contributed by atoms with van der Waals surface area (Å²) in [5.41, 5.74) is 1.21. The molecule has 6 nitrogen and oxygen atoms in total. The molecule has 1 saturated heterocycles. The molecular weight excluding hydrogens is 520 g/mol. The van der Waals surface area contributed by atoms with E-state index < -0.39 is 29.4 Å². The predicted molar refractivity (Wildman–Crippen MR) is 140 cm³/mol. The molecule has 0 aromatic heterocycles. The molecule has 0 aliphatic carbocycles. The molecule has 0 spiro atoms. The van der Waals surface area contributed by atoms with Gasteiger partial charge in [-0.25, -0.2) is 0 Å². The Bertz CT molecular complexity index is 1410. The Morgan fingerprint density at radius 3 is 2.42 bits per heavy atom. The van der Waals surface area contributed by atoms with E-state index in [1.54, 1.807) is 25.3 Å². The van der Waals surface area contributed by atoms with Gasteiger partial charge in [0.05, 0.1) is 30.8 Å². The second-order valence-electron chi connectivity index (χ2n) is 8.79. The summed E-state index contributed by atoms with van der Waals surface area (Å²) in [4.78, 5) is 29.8. The van der Waals surface area contributed by atoms with Crippen molar-refractivity contribution in [1.82, 2.24) is 0 Å². The first-order valence-corrected chi connectivity index (χ1v) is 12.2.